The summed E-state index contributed by atoms with van der Waals surface area (Å²) in [7, 11) is 0. The quantitative estimate of drug-likeness (QED) is 0.302. The molecule has 0 N–H and O–H groups in total. The molecule has 0 spiro atoms. The lowest BCUT2D eigenvalue weighted by Gasteiger charge is -2.02. The van der Waals surface area contributed by atoms with E-state index in [0.29, 0.717) is 0 Å². The summed E-state index contributed by atoms with van der Waals surface area (Å²) in [4.78, 5) is 17.4. The summed E-state index contributed by atoms with van der Waals surface area (Å²) in [6.45, 7) is 0.285. The van der Waals surface area contributed by atoms with Gasteiger partial charge in [-0.2, -0.15) is 4.57 Å². The molecule has 2 aromatic heterocycles. The van der Waals surface area contributed by atoms with Crippen LogP contribution >= 0.6 is 27.3 Å². The number of Topliss-reactive ketones (excluding diaryl/α,β-unsaturated/α-hetero) is 1. The van der Waals surface area contributed by atoms with Crippen molar-refractivity contribution in [2.45, 2.75) is 6.54 Å². The van der Waals surface area contributed by atoms with Gasteiger partial charge in [0.1, 0.15) is 0 Å². The van der Waals surface area contributed by atoms with E-state index in [0.717, 1.165) is 32.0 Å². The van der Waals surface area contributed by atoms with Crippen molar-refractivity contribution < 1.29 is 26.3 Å². The second-order valence-corrected chi connectivity index (χ2v) is 7.82. The zero-order valence-electron chi connectivity index (χ0n) is 14.8. The van der Waals surface area contributed by atoms with E-state index in [-0.39, 0.29) is 29.3 Å². The smallest absolute Gasteiger partial charge is 0.241 e. The zero-order chi connectivity index (χ0) is 18.6. The molecule has 2 aromatic carbocycles. The number of hydrogen-bond donors (Lipinski definition) is 0. The molecule has 28 heavy (non-hydrogen) atoms. The van der Waals surface area contributed by atoms with E-state index in [9.17, 15) is 4.79 Å². The minimum absolute atomic E-state index is 0. The van der Waals surface area contributed by atoms with Crippen molar-refractivity contribution in [2.24, 2.45) is 0 Å². The Morgan fingerprint density at radius 3 is 2.43 bits per heavy atom. The Balaban J connectivity index is 0.00000225. The molecule has 0 bridgehead atoms. The van der Waals surface area contributed by atoms with Gasteiger partial charge in [0.05, 0.1) is 5.69 Å². The van der Waals surface area contributed by atoms with Crippen LogP contribution < -0.4 is 21.5 Å². The Labute approximate surface area is 186 Å². The summed E-state index contributed by atoms with van der Waals surface area (Å²) in [5.41, 5.74) is 3.67. The fraction of sp³-hybridized carbons (Fsp3) is 0.0455. The second kappa shape index (κ2) is 9.37. The van der Waals surface area contributed by atoms with Crippen LogP contribution in [0, 0.1) is 0 Å². The lowest BCUT2D eigenvalue weighted by Crippen LogP contribution is -3.00. The molecule has 0 aliphatic carbocycles. The van der Waals surface area contributed by atoms with Crippen molar-refractivity contribution in [2.75, 3.05) is 0 Å². The lowest BCUT2D eigenvalue weighted by atomic mass is 10.1. The van der Waals surface area contributed by atoms with Gasteiger partial charge in [0.15, 0.2) is 11.2 Å². The Bertz CT molecular complexity index is 1080. The first-order valence-electron chi connectivity index (χ1n) is 8.49. The number of ketones is 1. The highest BCUT2D eigenvalue weighted by atomic mass is 79.9. The number of carbonyl (C=O) groups is 1. The fourth-order valence-corrected chi connectivity index (χ4v) is 3.96. The first kappa shape index (κ1) is 20.6. The van der Waals surface area contributed by atoms with Gasteiger partial charge in [-0.25, -0.2) is 4.98 Å². The zero-order valence-corrected chi connectivity index (χ0v) is 18.7. The highest BCUT2D eigenvalue weighted by molar-refractivity contribution is 9.10. The molecule has 0 saturated carbocycles. The summed E-state index contributed by atoms with van der Waals surface area (Å²) in [5.74, 6) is 0.0812. The average Bonchev–Trinajstić information content (AvgIpc) is 3.19. The van der Waals surface area contributed by atoms with Crippen LogP contribution in [0.5, 0.6) is 0 Å². The topological polar surface area (TPSA) is 33.8 Å². The van der Waals surface area contributed by atoms with Crippen LogP contribution in [-0.4, -0.2) is 10.8 Å². The lowest BCUT2D eigenvalue weighted by molar-refractivity contribution is -0.672. The molecule has 0 radical (unpaired) electrons. The van der Waals surface area contributed by atoms with Crippen LogP contribution in [0.1, 0.15) is 10.4 Å². The van der Waals surface area contributed by atoms with E-state index in [1.54, 1.807) is 11.3 Å². The van der Waals surface area contributed by atoms with E-state index in [1.807, 2.05) is 83.6 Å². The number of halogens is 2. The molecule has 140 valence electrons. The van der Waals surface area contributed by atoms with Crippen LogP contribution in [0.25, 0.3) is 22.0 Å². The molecule has 2 heterocycles. The summed E-state index contributed by atoms with van der Waals surface area (Å²) < 4.78 is 3.00. The SMILES string of the molecule is O=C(C[n+]1ccccc1-c1nc(-c2ccc(Br)cc2)cs1)c1ccccc1.[Br-]. The van der Waals surface area contributed by atoms with Gasteiger partial charge in [0, 0.05) is 33.1 Å². The van der Waals surface area contributed by atoms with Gasteiger partial charge in [0.2, 0.25) is 18.0 Å². The minimum atomic E-state index is 0. The number of aromatic nitrogens is 2. The summed E-state index contributed by atoms with van der Waals surface area (Å²) in [6.07, 6.45) is 1.93. The average molecular weight is 516 g/mol. The van der Waals surface area contributed by atoms with Crippen LogP contribution in [-0.2, 0) is 6.54 Å². The first-order valence-corrected chi connectivity index (χ1v) is 10.2. The standard InChI is InChI=1S/C22H16BrN2OS.BrH/c23-18-11-9-16(10-12-18)19-15-27-22(24-19)20-8-4-5-13-25(20)14-21(26)17-6-2-1-3-7-17;/h1-13,15H,14H2;1H/q+1;/p-1. The monoisotopic (exact) mass is 514 g/mol. The minimum Gasteiger partial charge on any atom is -1.00 e. The second-order valence-electron chi connectivity index (χ2n) is 6.05. The van der Waals surface area contributed by atoms with Gasteiger partial charge < -0.3 is 17.0 Å². The van der Waals surface area contributed by atoms with Gasteiger partial charge in [-0.3, -0.25) is 4.79 Å². The molecule has 4 rings (SSSR count). The largest absolute Gasteiger partial charge is 1.00 e. The molecule has 4 aromatic rings. The normalized spacial score (nSPS) is 10.3. The van der Waals surface area contributed by atoms with Crippen molar-refractivity contribution >= 4 is 33.0 Å². The Hall–Kier alpha value is -2.15. The van der Waals surface area contributed by atoms with Gasteiger partial charge in [-0.1, -0.05) is 58.4 Å². The number of nitrogens with zero attached hydrogens (tertiary/aromatic N) is 2. The molecule has 0 unspecified atom stereocenters. The maximum absolute atomic E-state index is 12.6. The molecule has 0 fully saturated rings. The molecule has 6 heteroatoms. The molecule has 0 saturated heterocycles. The van der Waals surface area contributed by atoms with E-state index in [4.69, 9.17) is 4.98 Å². The number of carbonyl (C=O) groups excluding carboxylic acids is 1. The van der Waals surface area contributed by atoms with Crippen LogP contribution in [0.2, 0.25) is 0 Å². The van der Waals surface area contributed by atoms with Crippen molar-refractivity contribution in [1.29, 1.82) is 0 Å². The van der Waals surface area contributed by atoms with Crippen LogP contribution in [0.4, 0.5) is 0 Å². The third-order valence-electron chi connectivity index (χ3n) is 4.21. The molecule has 0 atom stereocenters. The predicted molar refractivity (Wildman–Crippen MR) is 112 cm³/mol. The van der Waals surface area contributed by atoms with Crippen LogP contribution in [0.15, 0.2) is 88.8 Å². The number of pyridine rings is 1. The maximum Gasteiger partial charge on any atom is 0.241 e. The molecule has 3 nitrogen and oxygen atoms in total. The van der Waals surface area contributed by atoms with Gasteiger partial charge in [0.25, 0.3) is 0 Å². The Morgan fingerprint density at radius 2 is 1.68 bits per heavy atom. The van der Waals surface area contributed by atoms with E-state index in [2.05, 4.69) is 21.3 Å². The number of rotatable bonds is 5. The highest BCUT2D eigenvalue weighted by Gasteiger charge is 2.20. The summed E-state index contributed by atoms with van der Waals surface area (Å²) in [6, 6.07) is 23.4. The predicted octanol–water partition coefficient (Wildman–Crippen LogP) is 2.41. The van der Waals surface area contributed by atoms with Crippen LogP contribution in [0.3, 0.4) is 0 Å². The molecular formula is C22H16Br2N2OS. The molecule has 0 amide bonds. The van der Waals surface area contributed by atoms with E-state index < -0.39 is 0 Å². The molecular weight excluding hydrogens is 500 g/mol. The third kappa shape index (κ3) is 4.63. The summed E-state index contributed by atoms with van der Waals surface area (Å²) >= 11 is 5.04. The number of hydrogen-bond acceptors (Lipinski definition) is 3. The number of thiazole rings is 1. The van der Waals surface area contributed by atoms with E-state index >= 15 is 0 Å². The first-order chi connectivity index (χ1) is 13.2. The van der Waals surface area contributed by atoms with Crippen molar-refractivity contribution in [3.05, 3.63) is 94.4 Å². The van der Waals surface area contributed by atoms with Gasteiger partial charge >= 0.3 is 0 Å². The van der Waals surface area contributed by atoms with Crippen molar-refractivity contribution in [3.8, 4) is 22.0 Å². The van der Waals surface area contributed by atoms with E-state index in [1.165, 1.54) is 0 Å². The summed E-state index contributed by atoms with van der Waals surface area (Å²) in [5, 5.41) is 2.95. The molecule has 0 aliphatic heterocycles. The molecule has 0 aliphatic rings. The number of benzene rings is 2. The third-order valence-corrected chi connectivity index (χ3v) is 5.61. The fourth-order valence-electron chi connectivity index (χ4n) is 2.82. The Kier molecular flexibility index (Phi) is 6.88. The maximum atomic E-state index is 12.6. The van der Waals surface area contributed by atoms with Crippen molar-refractivity contribution in [3.63, 3.8) is 0 Å². The van der Waals surface area contributed by atoms with Gasteiger partial charge in [-0.05, 0) is 18.2 Å². The Morgan fingerprint density at radius 1 is 0.964 bits per heavy atom. The highest BCUT2D eigenvalue weighted by Crippen LogP contribution is 2.28. The van der Waals surface area contributed by atoms with Gasteiger partial charge in [-0.15, -0.1) is 11.3 Å². The van der Waals surface area contributed by atoms with Crippen molar-refractivity contribution in [1.82, 2.24) is 4.98 Å².